The molecule has 0 bridgehead atoms. The predicted molar refractivity (Wildman–Crippen MR) is 126 cm³/mol. The van der Waals surface area contributed by atoms with Gasteiger partial charge >= 0.3 is 0 Å². The fourth-order valence-corrected chi connectivity index (χ4v) is 4.60. The van der Waals surface area contributed by atoms with Crippen LogP contribution in [0.4, 0.5) is 5.69 Å². The summed E-state index contributed by atoms with van der Waals surface area (Å²) in [6.07, 6.45) is 2.06. The molecule has 0 radical (unpaired) electrons. The van der Waals surface area contributed by atoms with Crippen LogP contribution in [0.3, 0.4) is 0 Å². The number of amides is 2. The first-order valence-electron chi connectivity index (χ1n) is 11.4. The Labute approximate surface area is 192 Å². The van der Waals surface area contributed by atoms with E-state index in [0.717, 1.165) is 31.5 Å². The second kappa shape index (κ2) is 8.05. The second-order valence-electron chi connectivity index (χ2n) is 9.00. The summed E-state index contributed by atoms with van der Waals surface area (Å²) in [4.78, 5) is 26.8. The van der Waals surface area contributed by atoms with Crippen molar-refractivity contribution >= 4 is 17.5 Å². The molecule has 6 rings (SSSR count). The van der Waals surface area contributed by atoms with Crippen molar-refractivity contribution in [1.29, 1.82) is 0 Å². The molecule has 1 aliphatic carbocycles. The quantitative estimate of drug-likeness (QED) is 0.628. The minimum Gasteiger partial charge on any atom is -0.482 e. The first kappa shape index (κ1) is 20.0. The highest BCUT2D eigenvalue weighted by atomic mass is 16.5. The van der Waals surface area contributed by atoms with Gasteiger partial charge in [-0.2, -0.15) is 0 Å². The molecule has 1 saturated carbocycles. The molecule has 2 amide bonds. The molecule has 3 aliphatic rings. The molecule has 0 unspecified atom stereocenters. The molecule has 2 heterocycles. The third-order valence-electron chi connectivity index (χ3n) is 6.59. The van der Waals surface area contributed by atoms with E-state index >= 15 is 0 Å². The minimum atomic E-state index is -0.179. The molecule has 0 atom stereocenters. The van der Waals surface area contributed by atoms with Gasteiger partial charge in [0.05, 0.1) is 5.69 Å². The van der Waals surface area contributed by atoms with Gasteiger partial charge in [-0.3, -0.25) is 9.59 Å². The largest absolute Gasteiger partial charge is 0.482 e. The van der Waals surface area contributed by atoms with Gasteiger partial charge in [0.25, 0.3) is 11.8 Å². The standard InChI is InChI=1S/C27H25N3O3/c31-26-16-33-25-12-20(7-10-24(25)29-26)27(32)30(23-8-9-23)15-17-1-3-18(4-2-17)19-5-6-21-13-28-14-22(21)11-19/h1-7,10-12,23,28H,8-9,13-16H2,(H,29,31). The van der Waals surface area contributed by atoms with Crippen LogP contribution in [0.2, 0.25) is 0 Å². The van der Waals surface area contributed by atoms with Crippen molar-refractivity contribution in [2.24, 2.45) is 0 Å². The van der Waals surface area contributed by atoms with Gasteiger partial charge in [0.1, 0.15) is 5.75 Å². The Kier molecular flexibility index (Phi) is 4.88. The molecular formula is C27H25N3O3. The van der Waals surface area contributed by atoms with Gasteiger partial charge in [-0.15, -0.1) is 0 Å². The lowest BCUT2D eigenvalue weighted by Crippen LogP contribution is -2.33. The maximum Gasteiger partial charge on any atom is 0.262 e. The molecule has 2 aliphatic heterocycles. The van der Waals surface area contributed by atoms with Gasteiger partial charge in [-0.05, 0) is 64.9 Å². The number of rotatable bonds is 5. The molecule has 0 saturated heterocycles. The van der Waals surface area contributed by atoms with Crippen LogP contribution in [-0.2, 0) is 24.4 Å². The van der Waals surface area contributed by atoms with Crippen LogP contribution in [0, 0.1) is 0 Å². The molecule has 0 spiro atoms. The number of carbonyl (C=O) groups is 2. The lowest BCUT2D eigenvalue weighted by molar-refractivity contribution is -0.118. The minimum absolute atomic E-state index is 0.00370. The Hall–Kier alpha value is -3.64. The molecule has 1 fully saturated rings. The van der Waals surface area contributed by atoms with Crippen LogP contribution in [0.5, 0.6) is 5.75 Å². The average Bonchev–Trinajstić information content (AvgIpc) is 3.58. The number of benzene rings is 3. The Morgan fingerprint density at radius 1 is 0.939 bits per heavy atom. The number of fused-ring (bicyclic) bond motifs is 2. The van der Waals surface area contributed by atoms with Gasteiger partial charge in [-0.25, -0.2) is 0 Å². The van der Waals surface area contributed by atoms with Crippen molar-refractivity contribution < 1.29 is 14.3 Å². The summed E-state index contributed by atoms with van der Waals surface area (Å²) in [5.74, 6) is 0.363. The van der Waals surface area contributed by atoms with E-state index in [1.54, 1.807) is 18.2 Å². The maximum absolute atomic E-state index is 13.4. The first-order chi connectivity index (χ1) is 16.1. The SMILES string of the molecule is O=C1COc2cc(C(=O)N(Cc3ccc(-c4ccc5c(c4)CNC5)cc3)C3CC3)ccc2N1. The Bertz CT molecular complexity index is 1250. The van der Waals surface area contributed by atoms with Gasteiger partial charge in [0, 0.05) is 31.2 Å². The summed E-state index contributed by atoms with van der Waals surface area (Å²) in [6, 6.07) is 20.7. The zero-order valence-corrected chi connectivity index (χ0v) is 18.3. The molecule has 166 valence electrons. The summed E-state index contributed by atoms with van der Waals surface area (Å²) >= 11 is 0. The second-order valence-corrected chi connectivity index (χ2v) is 9.00. The lowest BCUT2D eigenvalue weighted by Gasteiger charge is -2.24. The molecule has 2 N–H and O–H groups in total. The fraction of sp³-hybridized carbons (Fsp3) is 0.259. The molecule has 6 nitrogen and oxygen atoms in total. The van der Waals surface area contributed by atoms with E-state index in [2.05, 4.69) is 53.1 Å². The number of nitrogens with one attached hydrogen (secondary N) is 2. The normalized spacial score (nSPS) is 16.4. The number of anilines is 1. The zero-order chi connectivity index (χ0) is 22.4. The Morgan fingerprint density at radius 3 is 2.55 bits per heavy atom. The lowest BCUT2D eigenvalue weighted by atomic mass is 9.99. The van der Waals surface area contributed by atoms with Crippen molar-refractivity contribution in [3.05, 3.63) is 82.9 Å². The molecule has 3 aromatic carbocycles. The molecule has 3 aromatic rings. The summed E-state index contributed by atoms with van der Waals surface area (Å²) < 4.78 is 5.50. The summed E-state index contributed by atoms with van der Waals surface area (Å²) in [5.41, 5.74) is 7.47. The van der Waals surface area contributed by atoms with Crippen molar-refractivity contribution in [2.45, 2.75) is 38.5 Å². The van der Waals surface area contributed by atoms with Gasteiger partial charge in [0.15, 0.2) is 6.61 Å². The molecule has 0 aromatic heterocycles. The van der Waals surface area contributed by atoms with E-state index < -0.39 is 0 Å². The van der Waals surface area contributed by atoms with E-state index in [-0.39, 0.29) is 24.5 Å². The third kappa shape index (κ3) is 3.98. The van der Waals surface area contributed by atoms with Crippen molar-refractivity contribution in [3.8, 4) is 16.9 Å². The van der Waals surface area contributed by atoms with E-state index in [4.69, 9.17) is 4.74 Å². The predicted octanol–water partition coefficient (Wildman–Crippen LogP) is 4.09. The molecule has 6 heteroatoms. The number of hydrogen-bond donors (Lipinski definition) is 2. The number of ether oxygens (including phenoxy) is 1. The Balaban J connectivity index is 1.20. The Morgan fingerprint density at radius 2 is 1.73 bits per heavy atom. The van der Waals surface area contributed by atoms with Crippen molar-refractivity contribution in [1.82, 2.24) is 10.2 Å². The summed E-state index contributed by atoms with van der Waals surface area (Å²) in [6.45, 7) is 2.43. The monoisotopic (exact) mass is 439 g/mol. The maximum atomic E-state index is 13.4. The summed E-state index contributed by atoms with van der Waals surface area (Å²) in [7, 11) is 0. The van der Waals surface area contributed by atoms with E-state index in [1.165, 1.54) is 22.3 Å². The van der Waals surface area contributed by atoms with Crippen molar-refractivity contribution in [2.75, 3.05) is 11.9 Å². The topological polar surface area (TPSA) is 70.7 Å². The average molecular weight is 440 g/mol. The third-order valence-corrected chi connectivity index (χ3v) is 6.59. The first-order valence-corrected chi connectivity index (χ1v) is 11.4. The van der Waals surface area contributed by atoms with Crippen LogP contribution in [0.1, 0.15) is 39.9 Å². The van der Waals surface area contributed by atoms with E-state index in [1.807, 2.05) is 4.90 Å². The summed E-state index contributed by atoms with van der Waals surface area (Å²) in [5, 5.41) is 6.16. The van der Waals surface area contributed by atoms with Gasteiger partial charge in [0.2, 0.25) is 0 Å². The highest BCUT2D eigenvalue weighted by molar-refractivity contribution is 5.99. The van der Waals surface area contributed by atoms with Gasteiger partial charge in [-0.1, -0.05) is 36.4 Å². The van der Waals surface area contributed by atoms with E-state index in [0.29, 0.717) is 23.5 Å². The number of hydrogen-bond acceptors (Lipinski definition) is 4. The highest BCUT2D eigenvalue weighted by Gasteiger charge is 2.33. The molecular weight excluding hydrogens is 414 g/mol. The number of nitrogens with zero attached hydrogens (tertiary/aromatic N) is 1. The number of carbonyl (C=O) groups excluding carboxylic acids is 2. The van der Waals surface area contributed by atoms with Gasteiger partial charge < -0.3 is 20.3 Å². The zero-order valence-electron chi connectivity index (χ0n) is 18.3. The van der Waals surface area contributed by atoms with Crippen LogP contribution in [0.15, 0.2) is 60.7 Å². The molecule has 33 heavy (non-hydrogen) atoms. The smallest absolute Gasteiger partial charge is 0.262 e. The van der Waals surface area contributed by atoms with Crippen LogP contribution < -0.4 is 15.4 Å². The van der Waals surface area contributed by atoms with Crippen LogP contribution in [0.25, 0.3) is 11.1 Å². The highest BCUT2D eigenvalue weighted by Crippen LogP contribution is 2.33. The fourth-order valence-electron chi connectivity index (χ4n) is 4.60. The van der Waals surface area contributed by atoms with Crippen molar-refractivity contribution in [3.63, 3.8) is 0 Å². The van der Waals surface area contributed by atoms with Crippen LogP contribution >= 0.6 is 0 Å². The van der Waals surface area contributed by atoms with Crippen LogP contribution in [-0.4, -0.2) is 29.4 Å². The van der Waals surface area contributed by atoms with E-state index in [9.17, 15) is 9.59 Å².